The molecule has 0 unspecified atom stereocenters. The third-order valence-corrected chi connectivity index (χ3v) is 8.35. The van der Waals surface area contributed by atoms with E-state index in [2.05, 4.69) is 26.9 Å². The molecule has 11 heteroatoms. The molecule has 1 aliphatic heterocycles. The molecular formula is C27H29F3N6OS. The molecule has 1 saturated carbocycles. The lowest BCUT2D eigenvalue weighted by molar-refractivity contribution is -0.136. The Hall–Kier alpha value is -3.18. The standard InChI is InChI=1S/C27H29F3N6OS/c1-18-5-4-10-33(13-18)14-19-11-23(27(28,29)30)24-16-34(26(37)35(24)15-19)21-8-3-9-22(12-21)36(20-6-2-7-20)25-32-31-17-38-25/h3,8-9,11-12,15-18,20H,2,4-7,10,13-14H2,1H3/t18-/m0/s1. The Kier molecular flexibility index (Phi) is 6.51. The van der Waals surface area contributed by atoms with E-state index >= 15 is 0 Å². The molecule has 2 aliphatic rings. The van der Waals surface area contributed by atoms with Gasteiger partial charge in [-0.25, -0.2) is 4.79 Å². The van der Waals surface area contributed by atoms with Crippen LogP contribution in [0.3, 0.4) is 0 Å². The second kappa shape index (κ2) is 9.85. The van der Waals surface area contributed by atoms with Crippen LogP contribution in [0.1, 0.15) is 50.2 Å². The van der Waals surface area contributed by atoms with Crippen molar-refractivity contribution in [3.8, 4) is 5.69 Å². The molecule has 38 heavy (non-hydrogen) atoms. The van der Waals surface area contributed by atoms with E-state index in [0.717, 1.165) is 60.4 Å². The zero-order chi connectivity index (χ0) is 26.4. The first-order chi connectivity index (χ1) is 18.3. The highest BCUT2D eigenvalue weighted by Gasteiger charge is 2.35. The van der Waals surface area contributed by atoms with E-state index in [9.17, 15) is 18.0 Å². The first kappa shape index (κ1) is 25.1. The van der Waals surface area contributed by atoms with Gasteiger partial charge in [-0.3, -0.25) is 13.9 Å². The molecule has 6 rings (SSSR count). The van der Waals surface area contributed by atoms with Crippen molar-refractivity contribution in [2.24, 2.45) is 5.92 Å². The minimum Gasteiger partial charge on any atom is -0.313 e. The number of aromatic nitrogens is 4. The van der Waals surface area contributed by atoms with Gasteiger partial charge in [0.1, 0.15) is 5.51 Å². The largest absolute Gasteiger partial charge is 0.418 e. The molecule has 1 atom stereocenters. The first-order valence-electron chi connectivity index (χ1n) is 13.0. The molecule has 1 aromatic carbocycles. The molecule has 200 valence electrons. The van der Waals surface area contributed by atoms with Gasteiger partial charge in [-0.1, -0.05) is 24.3 Å². The van der Waals surface area contributed by atoms with Crippen LogP contribution in [0.25, 0.3) is 11.2 Å². The molecule has 3 aromatic heterocycles. The smallest absolute Gasteiger partial charge is 0.313 e. The van der Waals surface area contributed by atoms with Gasteiger partial charge in [-0.05, 0) is 74.4 Å². The van der Waals surface area contributed by atoms with E-state index < -0.39 is 17.4 Å². The second-order valence-corrected chi connectivity index (χ2v) is 11.3. The normalized spacial score (nSPS) is 19.1. The van der Waals surface area contributed by atoms with Crippen LogP contribution in [0, 0.1) is 5.92 Å². The minimum atomic E-state index is -4.59. The highest BCUT2D eigenvalue weighted by atomic mass is 32.1. The number of alkyl halides is 3. The number of fused-ring (bicyclic) bond motifs is 1. The number of benzene rings is 1. The molecule has 4 heterocycles. The Bertz CT molecular complexity index is 1490. The molecule has 4 aromatic rings. The van der Waals surface area contributed by atoms with Crippen LogP contribution in [-0.2, 0) is 12.7 Å². The number of rotatable bonds is 6. The van der Waals surface area contributed by atoms with Crippen molar-refractivity contribution in [3.63, 3.8) is 0 Å². The maximum Gasteiger partial charge on any atom is 0.418 e. The summed E-state index contributed by atoms with van der Waals surface area (Å²) in [5.41, 5.74) is 2.03. The van der Waals surface area contributed by atoms with Crippen LogP contribution in [-0.4, -0.2) is 43.2 Å². The first-order valence-corrected chi connectivity index (χ1v) is 13.9. The summed E-state index contributed by atoms with van der Waals surface area (Å²) < 4.78 is 45.0. The van der Waals surface area contributed by atoms with E-state index in [1.807, 2.05) is 18.2 Å². The Morgan fingerprint density at radius 2 is 1.97 bits per heavy atom. The summed E-state index contributed by atoms with van der Waals surface area (Å²) in [7, 11) is 0. The summed E-state index contributed by atoms with van der Waals surface area (Å²) in [5, 5.41) is 8.98. The predicted molar refractivity (Wildman–Crippen MR) is 141 cm³/mol. The topological polar surface area (TPSA) is 58.7 Å². The van der Waals surface area contributed by atoms with Crippen molar-refractivity contribution >= 4 is 27.7 Å². The molecule has 0 radical (unpaired) electrons. The van der Waals surface area contributed by atoms with E-state index in [-0.39, 0.29) is 11.6 Å². The number of pyridine rings is 1. The Balaban J connectivity index is 1.42. The molecule has 0 N–H and O–H groups in total. The fraction of sp³-hybridized carbons (Fsp3) is 0.444. The zero-order valence-corrected chi connectivity index (χ0v) is 21.9. The molecule has 1 saturated heterocycles. The van der Waals surface area contributed by atoms with Gasteiger partial charge in [0.2, 0.25) is 5.13 Å². The van der Waals surface area contributed by atoms with Gasteiger partial charge >= 0.3 is 11.9 Å². The van der Waals surface area contributed by atoms with Gasteiger partial charge in [0, 0.05) is 37.2 Å². The van der Waals surface area contributed by atoms with E-state index in [0.29, 0.717) is 23.7 Å². The lowest BCUT2D eigenvalue weighted by atomic mass is 9.91. The van der Waals surface area contributed by atoms with Crippen molar-refractivity contribution in [1.29, 1.82) is 0 Å². The minimum absolute atomic E-state index is 0.149. The third kappa shape index (κ3) is 4.73. The van der Waals surface area contributed by atoms with E-state index in [1.54, 1.807) is 17.8 Å². The van der Waals surface area contributed by atoms with Crippen molar-refractivity contribution in [2.75, 3.05) is 18.0 Å². The Labute approximate surface area is 222 Å². The Morgan fingerprint density at radius 1 is 1.13 bits per heavy atom. The van der Waals surface area contributed by atoms with Crippen LogP contribution in [0.4, 0.5) is 24.0 Å². The highest BCUT2D eigenvalue weighted by Crippen LogP contribution is 2.38. The van der Waals surface area contributed by atoms with Crippen LogP contribution in [0.15, 0.2) is 53.0 Å². The van der Waals surface area contributed by atoms with Gasteiger partial charge in [-0.15, -0.1) is 10.2 Å². The summed E-state index contributed by atoms with van der Waals surface area (Å²) in [6, 6.07) is 8.81. The number of halogens is 3. The van der Waals surface area contributed by atoms with Gasteiger partial charge in [-0.2, -0.15) is 13.2 Å². The summed E-state index contributed by atoms with van der Waals surface area (Å²) in [6.45, 7) is 4.23. The van der Waals surface area contributed by atoms with Crippen LogP contribution in [0.2, 0.25) is 0 Å². The molecule has 2 fully saturated rings. The summed E-state index contributed by atoms with van der Waals surface area (Å²) >= 11 is 1.43. The SMILES string of the molecule is C[C@H]1CCCN(Cc2cc(C(F)(F)F)c3cn(-c4cccc(N(c5nncs5)C5CCC5)c4)c(=O)n3c2)C1. The maximum atomic E-state index is 14.2. The number of anilines is 2. The lowest BCUT2D eigenvalue weighted by Crippen LogP contribution is -2.36. The molecule has 1 aliphatic carbocycles. The third-order valence-electron chi connectivity index (χ3n) is 7.66. The number of hydrogen-bond acceptors (Lipinski definition) is 6. The van der Waals surface area contributed by atoms with Crippen molar-refractivity contribution in [2.45, 2.75) is 57.8 Å². The van der Waals surface area contributed by atoms with Crippen LogP contribution < -0.4 is 10.6 Å². The van der Waals surface area contributed by atoms with Gasteiger partial charge in [0.25, 0.3) is 0 Å². The average molecular weight is 543 g/mol. The molecular weight excluding hydrogens is 513 g/mol. The maximum absolute atomic E-state index is 14.2. The van der Waals surface area contributed by atoms with Crippen LogP contribution in [0.5, 0.6) is 0 Å². The zero-order valence-electron chi connectivity index (χ0n) is 21.1. The number of imidazole rings is 1. The predicted octanol–water partition coefficient (Wildman–Crippen LogP) is 5.88. The van der Waals surface area contributed by atoms with E-state index in [4.69, 9.17) is 0 Å². The number of likely N-dealkylation sites (tertiary alicyclic amines) is 1. The van der Waals surface area contributed by atoms with Crippen molar-refractivity contribution in [3.05, 3.63) is 69.8 Å². The lowest BCUT2D eigenvalue weighted by Gasteiger charge is -2.37. The van der Waals surface area contributed by atoms with Crippen molar-refractivity contribution < 1.29 is 13.2 Å². The second-order valence-electron chi connectivity index (χ2n) is 10.5. The van der Waals surface area contributed by atoms with Crippen molar-refractivity contribution in [1.82, 2.24) is 24.1 Å². The van der Waals surface area contributed by atoms with Crippen LogP contribution >= 0.6 is 11.3 Å². The molecule has 0 spiro atoms. The van der Waals surface area contributed by atoms with Gasteiger partial charge < -0.3 is 4.90 Å². The monoisotopic (exact) mass is 542 g/mol. The summed E-state index contributed by atoms with van der Waals surface area (Å²) in [4.78, 5) is 17.8. The van der Waals surface area contributed by atoms with E-state index in [1.165, 1.54) is 28.2 Å². The highest BCUT2D eigenvalue weighted by molar-refractivity contribution is 7.13. The van der Waals surface area contributed by atoms with Gasteiger partial charge in [0.05, 0.1) is 16.8 Å². The summed E-state index contributed by atoms with van der Waals surface area (Å²) in [5.74, 6) is 0.505. The number of piperidine rings is 1. The fourth-order valence-corrected chi connectivity index (χ4v) is 6.27. The number of hydrogen-bond donors (Lipinski definition) is 0. The molecule has 7 nitrogen and oxygen atoms in total. The average Bonchev–Trinajstić information content (AvgIpc) is 3.49. The number of nitrogens with zero attached hydrogens (tertiary/aromatic N) is 6. The molecule has 0 amide bonds. The van der Waals surface area contributed by atoms with Gasteiger partial charge in [0.15, 0.2) is 0 Å². The molecule has 0 bridgehead atoms. The quantitative estimate of drug-likeness (QED) is 0.305. The summed E-state index contributed by atoms with van der Waals surface area (Å²) in [6.07, 6.45) is 3.60. The Morgan fingerprint density at radius 3 is 2.66 bits per heavy atom. The fourth-order valence-electron chi connectivity index (χ4n) is 5.62.